The zero-order valence-electron chi connectivity index (χ0n) is 42.1. The van der Waals surface area contributed by atoms with Crippen molar-refractivity contribution in [2.24, 2.45) is 11.8 Å². The molecule has 1 heterocycles. The van der Waals surface area contributed by atoms with Gasteiger partial charge in [-0.3, -0.25) is 23.4 Å². The summed E-state index contributed by atoms with van der Waals surface area (Å²) in [5.41, 5.74) is 2.66. The van der Waals surface area contributed by atoms with Crippen molar-refractivity contribution < 1.29 is 61.5 Å². The average Bonchev–Trinajstić information content (AvgIpc) is 3.68. The van der Waals surface area contributed by atoms with Gasteiger partial charge < -0.3 is 33.5 Å². The third kappa shape index (κ3) is 26.8. The number of likely N-dealkylation sites (N-methyl/N-ethyl adjacent to an activating group) is 1. The molecule has 13 nitrogen and oxygen atoms in total. The van der Waals surface area contributed by atoms with E-state index in [1.54, 1.807) is 12.2 Å². The van der Waals surface area contributed by atoms with Crippen LogP contribution < -0.4 is 0 Å². The highest BCUT2D eigenvalue weighted by atomic mass is 31.2. The van der Waals surface area contributed by atoms with Gasteiger partial charge in [-0.15, -0.1) is 0 Å². The Morgan fingerprint density at radius 1 is 0.788 bits per heavy atom. The Bertz CT molecular complexity index is 1620. The van der Waals surface area contributed by atoms with E-state index in [1.807, 2.05) is 33.3 Å². The Balaban J connectivity index is 1.71. The van der Waals surface area contributed by atoms with E-state index < -0.39 is 50.6 Å². The average molecular weight is 953 g/mol. The van der Waals surface area contributed by atoms with Gasteiger partial charge in [0.25, 0.3) is 0 Å². The first-order chi connectivity index (χ1) is 31.5. The second-order valence-corrected chi connectivity index (χ2v) is 21.0. The Hall–Kier alpha value is -2.64. The van der Waals surface area contributed by atoms with Crippen LogP contribution >= 0.6 is 7.82 Å². The third-order valence-electron chi connectivity index (χ3n) is 12.6. The molecule has 2 rings (SSSR count). The van der Waals surface area contributed by atoms with Crippen molar-refractivity contribution in [3.8, 4) is 0 Å². The van der Waals surface area contributed by atoms with Gasteiger partial charge in [0.05, 0.1) is 40.0 Å². The zero-order chi connectivity index (χ0) is 48.8. The molecule has 0 aliphatic heterocycles. The van der Waals surface area contributed by atoms with Crippen LogP contribution in [-0.2, 0) is 50.3 Å². The summed E-state index contributed by atoms with van der Waals surface area (Å²) in [5, 5.41) is 20.8. The van der Waals surface area contributed by atoms with Gasteiger partial charge in [-0.05, 0) is 69.9 Å². The van der Waals surface area contributed by atoms with Crippen LogP contribution in [-0.4, -0.2) is 103 Å². The molecular weight excluding hydrogens is 862 g/mol. The summed E-state index contributed by atoms with van der Waals surface area (Å²) in [6.07, 6.45) is 26.9. The normalized spacial score (nSPS) is 18.6. The van der Waals surface area contributed by atoms with Gasteiger partial charge in [0.15, 0.2) is 6.10 Å². The number of quaternary nitrogens is 1. The predicted molar refractivity (Wildman–Crippen MR) is 261 cm³/mol. The molecule has 66 heavy (non-hydrogen) atoms. The second kappa shape index (κ2) is 33.8. The number of esters is 2. The molecule has 1 fully saturated rings. The highest BCUT2D eigenvalue weighted by Gasteiger charge is 2.39. The molecule has 1 unspecified atom stereocenters. The summed E-state index contributed by atoms with van der Waals surface area (Å²) in [4.78, 5) is 48.3. The van der Waals surface area contributed by atoms with Crippen molar-refractivity contribution in [2.45, 2.75) is 207 Å². The number of aliphatic hydroxyl groups excluding tert-OH is 2. The van der Waals surface area contributed by atoms with E-state index in [1.165, 1.54) is 67.6 Å². The molecule has 3 N–H and O–H groups in total. The lowest BCUT2D eigenvalue weighted by Gasteiger charge is -2.24. The maximum absolute atomic E-state index is 12.8. The highest BCUT2D eigenvalue weighted by Crippen LogP contribution is 2.43. The van der Waals surface area contributed by atoms with Crippen molar-refractivity contribution in [2.75, 3.05) is 47.5 Å². The van der Waals surface area contributed by atoms with Gasteiger partial charge in [-0.25, -0.2) is 4.57 Å². The number of ketones is 1. The lowest BCUT2D eigenvalue weighted by molar-refractivity contribution is -0.870. The topological polar surface area (TPSA) is 179 Å². The number of unbranched alkanes of at least 4 members (excludes halogenated alkanes) is 14. The zero-order valence-corrected chi connectivity index (χ0v) is 43.0. The fourth-order valence-corrected chi connectivity index (χ4v) is 8.92. The Labute approximate surface area is 398 Å². The number of allylic oxidation sites excluding steroid dienone is 3. The van der Waals surface area contributed by atoms with Crippen LogP contribution in [0, 0.1) is 25.7 Å². The first kappa shape index (κ1) is 59.5. The molecular formula is C52H91NO12P+. The molecule has 1 aromatic heterocycles. The summed E-state index contributed by atoms with van der Waals surface area (Å²) in [6, 6.07) is 0. The number of ether oxygens (including phenoxy) is 2. The van der Waals surface area contributed by atoms with E-state index in [0.29, 0.717) is 43.1 Å². The van der Waals surface area contributed by atoms with E-state index in [4.69, 9.17) is 22.9 Å². The molecule has 0 saturated heterocycles. The van der Waals surface area contributed by atoms with Crippen LogP contribution in [0.4, 0.5) is 0 Å². The largest absolute Gasteiger partial charge is 0.472 e. The van der Waals surface area contributed by atoms with Crippen LogP contribution in [0.1, 0.15) is 184 Å². The molecule has 1 aliphatic carbocycles. The first-order valence-corrected chi connectivity index (χ1v) is 27.0. The van der Waals surface area contributed by atoms with E-state index in [-0.39, 0.29) is 44.2 Å². The number of hydrogen-bond donors (Lipinski definition) is 3. The van der Waals surface area contributed by atoms with Crippen LogP contribution in [0.3, 0.4) is 0 Å². The summed E-state index contributed by atoms with van der Waals surface area (Å²) < 4.78 is 40.6. The quantitative estimate of drug-likeness (QED) is 0.0187. The van der Waals surface area contributed by atoms with Crippen molar-refractivity contribution >= 4 is 25.5 Å². The molecule has 6 atom stereocenters. The first-order valence-electron chi connectivity index (χ1n) is 25.5. The highest BCUT2D eigenvalue weighted by molar-refractivity contribution is 7.47. The number of hydrogen-bond acceptors (Lipinski definition) is 11. The lowest BCUT2D eigenvalue weighted by atomic mass is 9.90. The van der Waals surface area contributed by atoms with E-state index in [0.717, 1.165) is 64.2 Å². The summed E-state index contributed by atoms with van der Waals surface area (Å²) >= 11 is 0. The van der Waals surface area contributed by atoms with Gasteiger partial charge in [0, 0.05) is 43.9 Å². The van der Waals surface area contributed by atoms with E-state index in [2.05, 4.69) is 27.7 Å². The van der Waals surface area contributed by atoms with Crippen molar-refractivity contribution in [1.82, 2.24) is 0 Å². The smallest absolute Gasteiger partial charge is 0.466 e. The maximum Gasteiger partial charge on any atom is 0.472 e. The Morgan fingerprint density at radius 3 is 1.98 bits per heavy atom. The van der Waals surface area contributed by atoms with Gasteiger partial charge in [0.2, 0.25) is 0 Å². The number of rotatable bonds is 39. The molecule has 0 aromatic carbocycles. The maximum atomic E-state index is 12.8. The summed E-state index contributed by atoms with van der Waals surface area (Å²) in [7, 11) is 1.32. The molecule has 1 saturated carbocycles. The molecule has 1 aliphatic rings. The number of Topliss-reactive ketones (excluding diaryl/α,β-unsaturated/α-hetero) is 1. The number of carbonyl (C=O) groups excluding carboxylic acids is 3. The Morgan fingerprint density at radius 2 is 1.36 bits per heavy atom. The number of phosphoric ester groups is 1. The summed E-state index contributed by atoms with van der Waals surface area (Å²) in [5.74, 6) is 0.602. The minimum absolute atomic E-state index is 0.0164. The molecule has 0 amide bonds. The number of carbonyl (C=O) groups is 3. The standard InChI is InChI=1S/C52H90NO12P/c1-8-10-22-28-43(54)34-35-46-45(47(55)38-48(46)56)29-24-20-21-26-32-51(57)61-39-44(40-63-66(59,60)62-37-36-53(5,6)7)64-52(58)33-27-19-17-15-13-12-14-16-18-25-31-50-42(4)41(3)49(65-50)30-23-11-9-2/h20,24,34-35,43-47,54-55H,8-19,21-23,25-33,36-40H2,1-7H3/p+1/b24-20-,35-34+/t43-,44+,45+,46+,47-/m0/s1. The fourth-order valence-electron chi connectivity index (χ4n) is 8.17. The van der Waals surface area contributed by atoms with Crippen LogP contribution in [0.2, 0.25) is 0 Å². The molecule has 14 heteroatoms. The van der Waals surface area contributed by atoms with Crippen molar-refractivity contribution in [3.05, 3.63) is 47.0 Å². The van der Waals surface area contributed by atoms with Crippen molar-refractivity contribution in [3.63, 3.8) is 0 Å². The monoisotopic (exact) mass is 953 g/mol. The van der Waals surface area contributed by atoms with E-state index >= 15 is 0 Å². The van der Waals surface area contributed by atoms with Crippen LogP contribution in [0.5, 0.6) is 0 Å². The number of aryl methyl sites for hydroxylation is 2. The minimum atomic E-state index is -4.46. The van der Waals surface area contributed by atoms with Gasteiger partial charge >= 0.3 is 19.8 Å². The SMILES string of the molecule is CCCCCc1oc(CCCCCCCCCCCCC(=O)O[C@H](COC(=O)CCC/C=C\C[C@H]2[C@@H](O)CC(=O)[C@@H]2/C=C/[C@@H](O)CCCCC)COP(=O)(O)OCC[N+](C)(C)C)c(C)c1C. The number of furan rings is 1. The van der Waals surface area contributed by atoms with Crippen LogP contribution in [0.25, 0.3) is 0 Å². The molecule has 0 spiro atoms. The van der Waals surface area contributed by atoms with Gasteiger partial charge in [-0.1, -0.05) is 122 Å². The third-order valence-corrected chi connectivity index (χ3v) is 13.5. The number of phosphoric acid groups is 1. The van der Waals surface area contributed by atoms with Gasteiger partial charge in [-0.2, -0.15) is 0 Å². The molecule has 0 radical (unpaired) electrons. The second-order valence-electron chi connectivity index (χ2n) is 19.6. The Kier molecular flexibility index (Phi) is 30.5. The molecule has 1 aromatic rings. The van der Waals surface area contributed by atoms with Crippen LogP contribution in [0.15, 0.2) is 28.7 Å². The summed E-state index contributed by atoms with van der Waals surface area (Å²) in [6.45, 7) is 8.35. The predicted octanol–water partition coefficient (Wildman–Crippen LogP) is 10.9. The number of nitrogens with zero attached hydrogens (tertiary/aromatic N) is 1. The number of aliphatic hydroxyl groups is 2. The fraction of sp³-hybridized carbons (Fsp3) is 0.788. The molecule has 380 valence electrons. The minimum Gasteiger partial charge on any atom is -0.466 e. The van der Waals surface area contributed by atoms with Gasteiger partial charge in [0.1, 0.15) is 37.1 Å². The van der Waals surface area contributed by atoms with Crippen molar-refractivity contribution in [1.29, 1.82) is 0 Å². The van der Waals surface area contributed by atoms with E-state index in [9.17, 15) is 34.1 Å². The lowest BCUT2D eigenvalue weighted by Crippen LogP contribution is -2.37. The molecule has 0 bridgehead atoms.